The third-order valence-corrected chi connectivity index (χ3v) is 6.78. The number of hydrogen-bond donors (Lipinski definition) is 0. The smallest absolute Gasteiger partial charge is 0.249 e. The van der Waals surface area contributed by atoms with Gasteiger partial charge in [-0.25, -0.2) is 19.0 Å². The molecule has 7 nitrogen and oxygen atoms in total. The number of pyridine rings is 2. The number of fused-ring (bicyclic) bond motifs is 1. The first-order valence-corrected chi connectivity index (χ1v) is 11.4. The molecule has 5 rings (SSSR count). The summed E-state index contributed by atoms with van der Waals surface area (Å²) >= 11 is 6.39. The molecule has 0 radical (unpaired) electrons. The lowest BCUT2D eigenvalue weighted by molar-refractivity contribution is -0.183. The lowest BCUT2D eigenvalue weighted by Gasteiger charge is -2.32. The van der Waals surface area contributed by atoms with Crippen LogP contribution in [0.4, 0.5) is 4.39 Å². The maximum Gasteiger partial charge on any atom is 0.249 e. The third-order valence-electron chi connectivity index (χ3n) is 6.50. The van der Waals surface area contributed by atoms with Crippen molar-refractivity contribution in [1.82, 2.24) is 24.6 Å². The molecule has 32 heavy (non-hydrogen) atoms. The second kappa shape index (κ2) is 8.75. The highest BCUT2D eigenvalue weighted by molar-refractivity contribution is 6.33. The van der Waals surface area contributed by atoms with E-state index in [-0.39, 0.29) is 17.9 Å². The molecule has 9 heteroatoms. The summed E-state index contributed by atoms with van der Waals surface area (Å²) < 4.78 is 15.4. The molecule has 1 aliphatic heterocycles. The van der Waals surface area contributed by atoms with Crippen molar-refractivity contribution in [2.45, 2.75) is 51.5 Å². The van der Waals surface area contributed by atoms with Crippen molar-refractivity contribution in [2.24, 2.45) is 11.8 Å². The Kier molecular flexibility index (Phi) is 5.82. The summed E-state index contributed by atoms with van der Waals surface area (Å²) in [4.78, 5) is 27.1. The summed E-state index contributed by atoms with van der Waals surface area (Å²) in [6.07, 6.45) is 9.87. The largest absolute Gasteiger partial charge is 0.272 e. The predicted octanol–water partition coefficient (Wildman–Crippen LogP) is 4.48. The minimum absolute atomic E-state index is 0.00207. The van der Waals surface area contributed by atoms with Crippen LogP contribution in [0.1, 0.15) is 55.1 Å². The zero-order valence-electron chi connectivity index (χ0n) is 17.9. The van der Waals surface area contributed by atoms with Crippen LogP contribution in [0.5, 0.6) is 0 Å². The molecule has 3 aromatic rings. The van der Waals surface area contributed by atoms with Gasteiger partial charge in [-0.1, -0.05) is 11.6 Å². The normalized spacial score (nSPS) is 23.7. The van der Waals surface area contributed by atoms with Crippen LogP contribution >= 0.6 is 11.6 Å². The minimum atomic E-state index is -0.401. The summed E-state index contributed by atoms with van der Waals surface area (Å²) in [5.74, 6) is 0.705. The van der Waals surface area contributed by atoms with E-state index in [1.807, 2.05) is 19.2 Å². The lowest BCUT2D eigenvalue weighted by atomic mass is 9.79. The molecule has 0 unspecified atom stereocenters. The standard InChI is InChI=1S/C23H25ClFN5O2/c1-14-27-22-20(24)9-16(13-29(22)28-14)8-15-2-4-17(5-3-15)23(31)30-21(6-7-32-30)18-10-19(25)12-26-11-18/h9-13,15,17,21H,2-8H2,1H3/t15-,17-,21-/m0/s1. The number of rotatable bonds is 4. The van der Waals surface area contributed by atoms with E-state index in [1.165, 1.54) is 17.3 Å². The first-order valence-electron chi connectivity index (χ1n) is 11.1. The van der Waals surface area contributed by atoms with Crippen LogP contribution in [-0.2, 0) is 16.1 Å². The number of halogens is 2. The zero-order chi connectivity index (χ0) is 22.2. The maximum absolute atomic E-state index is 13.6. The SMILES string of the molecule is Cc1nc2c(Cl)cc(C[C@H]3CC[C@H](C(=O)N4OCC[C@H]4c4cncc(F)c4)CC3)cn2n1. The summed E-state index contributed by atoms with van der Waals surface area (Å²) in [6.45, 7) is 2.30. The fourth-order valence-corrected chi connectivity index (χ4v) is 5.21. The Balaban J connectivity index is 1.21. The van der Waals surface area contributed by atoms with Crippen molar-refractivity contribution in [3.8, 4) is 0 Å². The molecule has 2 aliphatic rings. The van der Waals surface area contributed by atoms with Crippen LogP contribution in [-0.4, -0.2) is 37.2 Å². The summed E-state index contributed by atoms with van der Waals surface area (Å²) in [5, 5.41) is 6.44. The van der Waals surface area contributed by atoms with E-state index in [2.05, 4.69) is 15.1 Å². The third kappa shape index (κ3) is 4.21. The van der Waals surface area contributed by atoms with Crippen molar-refractivity contribution >= 4 is 23.2 Å². The van der Waals surface area contributed by atoms with Gasteiger partial charge in [0.1, 0.15) is 11.6 Å². The van der Waals surface area contributed by atoms with E-state index in [4.69, 9.17) is 16.4 Å². The molecule has 0 spiro atoms. The molecule has 0 aromatic carbocycles. The van der Waals surface area contributed by atoms with Gasteiger partial charge in [-0.3, -0.25) is 14.6 Å². The molecule has 0 N–H and O–H groups in total. The first-order chi connectivity index (χ1) is 15.5. The van der Waals surface area contributed by atoms with E-state index in [1.54, 1.807) is 10.7 Å². The molecular formula is C23H25ClFN5O2. The average Bonchev–Trinajstić information content (AvgIpc) is 3.40. The predicted molar refractivity (Wildman–Crippen MR) is 116 cm³/mol. The number of aryl methyl sites for hydroxylation is 1. The van der Waals surface area contributed by atoms with Gasteiger partial charge in [-0.05, 0) is 68.2 Å². The molecule has 1 saturated carbocycles. The van der Waals surface area contributed by atoms with Crippen molar-refractivity contribution in [1.29, 1.82) is 0 Å². The van der Waals surface area contributed by atoms with E-state index in [9.17, 15) is 9.18 Å². The zero-order valence-corrected chi connectivity index (χ0v) is 18.6. The summed E-state index contributed by atoms with van der Waals surface area (Å²) in [5.41, 5.74) is 2.49. The quantitative estimate of drug-likeness (QED) is 0.577. The van der Waals surface area contributed by atoms with Crippen molar-refractivity contribution in [3.63, 3.8) is 0 Å². The number of aromatic nitrogens is 4. The van der Waals surface area contributed by atoms with Gasteiger partial charge in [0.15, 0.2) is 5.65 Å². The summed E-state index contributed by atoms with van der Waals surface area (Å²) in [6, 6.07) is 3.13. The van der Waals surface area contributed by atoms with Crippen LogP contribution in [0.25, 0.3) is 5.65 Å². The average molecular weight is 458 g/mol. The molecule has 168 valence electrons. The van der Waals surface area contributed by atoms with E-state index in [0.29, 0.717) is 41.0 Å². The van der Waals surface area contributed by atoms with Gasteiger partial charge in [0.25, 0.3) is 0 Å². The molecule has 1 amide bonds. The van der Waals surface area contributed by atoms with Gasteiger partial charge in [0.05, 0.1) is 23.9 Å². The Morgan fingerprint density at radius 1 is 1.22 bits per heavy atom. The van der Waals surface area contributed by atoms with Gasteiger partial charge in [-0.15, -0.1) is 0 Å². The molecule has 1 atom stereocenters. The van der Waals surface area contributed by atoms with Crippen LogP contribution < -0.4 is 0 Å². The maximum atomic E-state index is 13.6. The van der Waals surface area contributed by atoms with Gasteiger partial charge in [0.2, 0.25) is 5.91 Å². The molecule has 1 aliphatic carbocycles. The Morgan fingerprint density at radius 2 is 2.03 bits per heavy atom. The van der Waals surface area contributed by atoms with Crippen molar-refractivity contribution in [3.05, 3.63) is 58.5 Å². The second-order valence-electron chi connectivity index (χ2n) is 8.78. The van der Waals surface area contributed by atoms with Crippen LogP contribution in [0.3, 0.4) is 0 Å². The van der Waals surface area contributed by atoms with Crippen LogP contribution in [0.15, 0.2) is 30.7 Å². The van der Waals surface area contributed by atoms with Gasteiger partial charge < -0.3 is 0 Å². The number of carbonyl (C=O) groups is 1. The fraction of sp³-hybridized carbons (Fsp3) is 0.478. The van der Waals surface area contributed by atoms with Crippen LogP contribution in [0.2, 0.25) is 5.02 Å². The Labute approximate surface area is 190 Å². The fourth-order valence-electron chi connectivity index (χ4n) is 4.94. The molecule has 4 heterocycles. The van der Waals surface area contributed by atoms with E-state index in [0.717, 1.165) is 37.7 Å². The van der Waals surface area contributed by atoms with Crippen molar-refractivity contribution in [2.75, 3.05) is 6.61 Å². The summed E-state index contributed by atoms with van der Waals surface area (Å²) in [7, 11) is 0. The Hall–Kier alpha value is -2.58. The highest BCUT2D eigenvalue weighted by atomic mass is 35.5. The number of carbonyl (C=O) groups excluding carboxylic acids is 1. The number of hydrogen-bond acceptors (Lipinski definition) is 5. The van der Waals surface area contributed by atoms with Crippen molar-refractivity contribution < 1.29 is 14.0 Å². The lowest BCUT2D eigenvalue weighted by Crippen LogP contribution is -2.36. The van der Waals surface area contributed by atoms with E-state index >= 15 is 0 Å². The molecule has 1 saturated heterocycles. The van der Waals surface area contributed by atoms with Gasteiger partial charge >= 0.3 is 0 Å². The highest BCUT2D eigenvalue weighted by Crippen LogP contribution is 2.37. The first kappa shape index (κ1) is 21.3. The molecule has 2 fully saturated rings. The monoisotopic (exact) mass is 457 g/mol. The highest BCUT2D eigenvalue weighted by Gasteiger charge is 2.37. The molecule has 3 aromatic heterocycles. The number of amides is 1. The minimum Gasteiger partial charge on any atom is -0.272 e. The number of hydroxylamine groups is 2. The topological polar surface area (TPSA) is 72.6 Å². The van der Waals surface area contributed by atoms with E-state index < -0.39 is 5.82 Å². The van der Waals surface area contributed by atoms with Crippen LogP contribution in [0, 0.1) is 24.6 Å². The Bertz CT molecular complexity index is 1140. The molecule has 0 bridgehead atoms. The molecular weight excluding hydrogens is 433 g/mol. The van der Waals surface area contributed by atoms with Gasteiger partial charge in [0, 0.05) is 24.7 Å². The number of nitrogens with zero attached hydrogens (tertiary/aromatic N) is 5. The van der Waals surface area contributed by atoms with Gasteiger partial charge in [-0.2, -0.15) is 5.10 Å². The second-order valence-corrected chi connectivity index (χ2v) is 9.19. The Morgan fingerprint density at radius 3 is 2.81 bits per heavy atom.